The maximum absolute atomic E-state index is 14.2. The van der Waals surface area contributed by atoms with Gasteiger partial charge in [-0.3, -0.25) is 9.59 Å². The lowest BCUT2D eigenvalue weighted by molar-refractivity contribution is 0.0312. The van der Waals surface area contributed by atoms with Crippen LogP contribution in [0.2, 0.25) is 0 Å². The second kappa shape index (κ2) is 12.0. The van der Waals surface area contributed by atoms with E-state index in [4.69, 9.17) is 4.74 Å². The van der Waals surface area contributed by atoms with Crippen LogP contribution in [0.5, 0.6) is 5.88 Å². The average Bonchev–Trinajstić information content (AvgIpc) is 2.93. The second-order valence-electron chi connectivity index (χ2n) is 9.63. The molecule has 4 rings (SSSR count). The van der Waals surface area contributed by atoms with Crippen LogP contribution in [0.3, 0.4) is 0 Å². The fourth-order valence-electron chi connectivity index (χ4n) is 4.29. The number of rotatable bonds is 5. The van der Waals surface area contributed by atoms with Crippen LogP contribution in [0.4, 0.5) is 8.78 Å². The fourth-order valence-corrected chi connectivity index (χ4v) is 4.29. The van der Waals surface area contributed by atoms with Gasteiger partial charge < -0.3 is 19.6 Å². The molecule has 0 bridgehead atoms. The van der Waals surface area contributed by atoms with Crippen molar-refractivity contribution in [3.8, 4) is 17.7 Å². The minimum atomic E-state index is -0.617. The molecule has 39 heavy (non-hydrogen) atoms. The summed E-state index contributed by atoms with van der Waals surface area (Å²) in [6.07, 6.45) is 0.859. The van der Waals surface area contributed by atoms with Crippen LogP contribution in [-0.2, 0) is 0 Å². The molecule has 3 atom stereocenters. The lowest BCUT2D eigenvalue weighted by atomic mass is 9.99. The van der Waals surface area contributed by atoms with Crippen LogP contribution in [0.25, 0.3) is 0 Å². The highest BCUT2D eigenvalue weighted by atomic mass is 19.1. The molecule has 202 valence electrons. The topological polar surface area (TPSA) is 83.0 Å². The van der Waals surface area contributed by atoms with E-state index in [1.807, 2.05) is 6.92 Å². The summed E-state index contributed by atoms with van der Waals surface area (Å²) in [5.41, 5.74) is 0.991. The highest BCUT2D eigenvalue weighted by Crippen LogP contribution is 2.27. The molecule has 2 amide bonds. The summed E-state index contributed by atoms with van der Waals surface area (Å²) < 4.78 is 34.0. The molecule has 0 unspecified atom stereocenters. The Hall–Kier alpha value is -4.29. The van der Waals surface area contributed by atoms with Gasteiger partial charge in [-0.05, 0) is 43.3 Å². The van der Waals surface area contributed by atoms with E-state index in [1.54, 1.807) is 43.1 Å². The van der Waals surface area contributed by atoms with Crippen LogP contribution >= 0.6 is 0 Å². The molecule has 1 aliphatic rings. The Balaban J connectivity index is 1.66. The third kappa shape index (κ3) is 6.41. The lowest BCUT2D eigenvalue weighted by Crippen LogP contribution is -2.50. The van der Waals surface area contributed by atoms with Crippen LogP contribution in [0.1, 0.15) is 45.7 Å². The number of pyridine rings is 1. The minimum Gasteiger partial charge on any atom is -0.472 e. The Morgan fingerprint density at radius 1 is 1.18 bits per heavy atom. The molecule has 0 spiro atoms. The van der Waals surface area contributed by atoms with Crippen LogP contribution in [-0.4, -0.2) is 70.6 Å². The molecule has 3 aromatic rings. The average molecular weight is 534 g/mol. The third-order valence-electron chi connectivity index (χ3n) is 6.60. The van der Waals surface area contributed by atoms with E-state index in [9.17, 15) is 23.5 Å². The highest BCUT2D eigenvalue weighted by Gasteiger charge is 2.35. The summed E-state index contributed by atoms with van der Waals surface area (Å²) in [5, 5.41) is 9.84. The number of benzene rings is 2. The number of likely N-dealkylation sites (N-methyl/N-ethyl adjacent to an activating group) is 1. The van der Waals surface area contributed by atoms with Crippen molar-refractivity contribution in [1.82, 2.24) is 14.8 Å². The summed E-state index contributed by atoms with van der Waals surface area (Å²) in [6, 6.07) is 12.7. The van der Waals surface area contributed by atoms with Gasteiger partial charge in [0.1, 0.15) is 23.3 Å². The summed E-state index contributed by atoms with van der Waals surface area (Å²) in [5.74, 6) is 3.66. The van der Waals surface area contributed by atoms with Gasteiger partial charge in [0.05, 0.1) is 24.8 Å². The number of ether oxygens (including phenoxy) is 1. The molecule has 2 aromatic carbocycles. The molecule has 1 N–H and O–H groups in total. The van der Waals surface area contributed by atoms with Gasteiger partial charge in [-0.25, -0.2) is 13.8 Å². The van der Waals surface area contributed by atoms with Crippen molar-refractivity contribution in [3.63, 3.8) is 0 Å². The number of aliphatic hydroxyl groups is 1. The van der Waals surface area contributed by atoms with E-state index in [1.165, 1.54) is 41.4 Å². The number of hydrogen-bond donors (Lipinski definition) is 1. The van der Waals surface area contributed by atoms with Gasteiger partial charge in [-0.15, -0.1) is 0 Å². The first-order valence-electron chi connectivity index (χ1n) is 12.5. The van der Waals surface area contributed by atoms with Crippen LogP contribution < -0.4 is 4.74 Å². The molecule has 0 aliphatic carbocycles. The molecule has 0 radical (unpaired) electrons. The van der Waals surface area contributed by atoms with Gasteiger partial charge in [0.2, 0.25) is 5.88 Å². The zero-order valence-electron chi connectivity index (χ0n) is 21.9. The summed E-state index contributed by atoms with van der Waals surface area (Å²) in [7, 11) is 1.56. The third-order valence-corrected chi connectivity index (χ3v) is 6.60. The number of hydrogen-bond acceptors (Lipinski definition) is 5. The second-order valence-corrected chi connectivity index (χ2v) is 9.63. The van der Waals surface area contributed by atoms with E-state index < -0.39 is 29.7 Å². The van der Waals surface area contributed by atoms with Crippen molar-refractivity contribution in [2.75, 3.05) is 26.7 Å². The van der Waals surface area contributed by atoms with Crippen molar-refractivity contribution in [2.24, 2.45) is 5.92 Å². The van der Waals surface area contributed by atoms with Gasteiger partial charge in [0.25, 0.3) is 11.8 Å². The molecule has 7 nitrogen and oxygen atoms in total. The number of aromatic nitrogens is 1. The zero-order chi connectivity index (χ0) is 28.1. The van der Waals surface area contributed by atoms with Crippen molar-refractivity contribution < 1.29 is 28.2 Å². The Morgan fingerprint density at radius 2 is 1.92 bits per heavy atom. The van der Waals surface area contributed by atoms with E-state index in [2.05, 4.69) is 16.8 Å². The minimum absolute atomic E-state index is 0.0516. The van der Waals surface area contributed by atoms with Gasteiger partial charge in [-0.2, -0.15) is 0 Å². The number of carbonyl (C=O) groups is 2. The van der Waals surface area contributed by atoms with E-state index >= 15 is 0 Å². The quantitative estimate of drug-likeness (QED) is 0.506. The van der Waals surface area contributed by atoms with Gasteiger partial charge in [0.15, 0.2) is 0 Å². The van der Waals surface area contributed by atoms with Gasteiger partial charge in [-0.1, -0.05) is 37.0 Å². The standard InChI is InChI=1S/C30H29F2N3O4/c1-19-16-35(20(2)18-36)30(38)25-14-22(12-11-21-7-6-8-23(31)13-21)15-33-28(25)39-27(19)17-34(3)29(37)24-9-4-5-10-26(24)32/h4-10,13-15,19-20,27,36H,16-18H2,1-3H3/t19-,20+,27+/m0/s1. The molecule has 1 aromatic heterocycles. The number of amides is 2. The first-order chi connectivity index (χ1) is 18.7. The zero-order valence-corrected chi connectivity index (χ0v) is 21.9. The number of fused-ring (bicyclic) bond motifs is 1. The van der Waals surface area contributed by atoms with Crippen molar-refractivity contribution >= 4 is 11.8 Å². The monoisotopic (exact) mass is 533 g/mol. The molecule has 1 aliphatic heterocycles. The Morgan fingerprint density at radius 3 is 2.64 bits per heavy atom. The smallest absolute Gasteiger partial charge is 0.259 e. The Bertz CT molecular complexity index is 1430. The molecule has 2 heterocycles. The predicted molar refractivity (Wildman–Crippen MR) is 141 cm³/mol. The van der Waals surface area contributed by atoms with Crippen LogP contribution in [0.15, 0.2) is 60.8 Å². The highest BCUT2D eigenvalue weighted by molar-refractivity contribution is 5.97. The Kier molecular flexibility index (Phi) is 8.57. The largest absolute Gasteiger partial charge is 0.472 e. The number of aliphatic hydroxyl groups excluding tert-OH is 1. The van der Waals surface area contributed by atoms with Gasteiger partial charge in [0, 0.05) is 36.8 Å². The molecular formula is C30H29F2N3O4. The summed E-state index contributed by atoms with van der Waals surface area (Å²) >= 11 is 0. The predicted octanol–water partition coefficient (Wildman–Crippen LogP) is 3.75. The number of nitrogens with zero attached hydrogens (tertiary/aromatic N) is 3. The number of carbonyl (C=O) groups excluding carboxylic acids is 2. The molecule has 0 saturated carbocycles. The molecular weight excluding hydrogens is 504 g/mol. The van der Waals surface area contributed by atoms with Crippen molar-refractivity contribution in [3.05, 3.63) is 94.7 Å². The normalized spacial score (nSPS) is 17.6. The maximum Gasteiger partial charge on any atom is 0.259 e. The van der Waals surface area contributed by atoms with E-state index in [0.717, 1.165) is 0 Å². The summed E-state index contributed by atoms with van der Waals surface area (Å²) in [6.45, 7) is 3.70. The fraction of sp³-hybridized carbons (Fsp3) is 0.300. The Labute approximate surface area is 226 Å². The summed E-state index contributed by atoms with van der Waals surface area (Å²) in [4.78, 5) is 33.8. The molecule has 9 heteroatoms. The lowest BCUT2D eigenvalue weighted by Gasteiger charge is -2.37. The maximum atomic E-state index is 14.2. The van der Waals surface area contributed by atoms with Crippen molar-refractivity contribution in [2.45, 2.75) is 26.0 Å². The first kappa shape index (κ1) is 27.7. The van der Waals surface area contributed by atoms with Gasteiger partial charge >= 0.3 is 0 Å². The first-order valence-corrected chi connectivity index (χ1v) is 12.5. The number of halogens is 2. The van der Waals surface area contributed by atoms with Crippen molar-refractivity contribution in [1.29, 1.82) is 0 Å². The van der Waals surface area contributed by atoms with E-state index in [0.29, 0.717) is 11.1 Å². The SMILES string of the molecule is C[C@H](CO)N1C[C@H](C)[C@@H](CN(C)C(=O)c2ccccc2F)Oc2ncc(C#Cc3cccc(F)c3)cc2C1=O. The van der Waals surface area contributed by atoms with Crippen LogP contribution in [0, 0.1) is 29.4 Å². The van der Waals surface area contributed by atoms with E-state index in [-0.39, 0.29) is 48.5 Å². The molecule has 0 saturated heterocycles. The molecule has 0 fully saturated rings.